The van der Waals surface area contributed by atoms with Gasteiger partial charge in [-0.2, -0.15) is 10.0 Å². The maximum absolute atomic E-state index is 8.89. The van der Waals surface area contributed by atoms with Crippen molar-refractivity contribution in [3.63, 3.8) is 0 Å². The Hall–Kier alpha value is -2.29. The molecule has 160 valence electrons. The highest BCUT2D eigenvalue weighted by molar-refractivity contribution is 8.35. The van der Waals surface area contributed by atoms with Crippen molar-refractivity contribution >= 4 is 21.4 Å². The van der Waals surface area contributed by atoms with Crippen molar-refractivity contribution in [3.8, 4) is 16.9 Å². The molecule has 4 N–H and O–H groups in total. The van der Waals surface area contributed by atoms with Crippen LogP contribution in [0.1, 0.15) is 36.5 Å². The number of hydrogen-bond acceptors (Lipinski definition) is 4. The maximum Gasteiger partial charge on any atom is 0.144 e. The number of benzene rings is 2. The Balaban J connectivity index is 0.000000352. The number of nitrogens with two attached hydrogens (primary N) is 1. The summed E-state index contributed by atoms with van der Waals surface area (Å²) in [6, 6.07) is 12.4. The van der Waals surface area contributed by atoms with E-state index in [-0.39, 0.29) is 6.61 Å². The van der Waals surface area contributed by atoms with E-state index in [1.165, 1.54) is 11.1 Å². The average molecular weight is 417 g/mol. The summed E-state index contributed by atoms with van der Waals surface area (Å²) in [4.78, 5) is 0. The summed E-state index contributed by atoms with van der Waals surface area (Å²) in [7, 11) is 0.694. The summed E-state index contributed by atoms with van der Waals surface area (Å²) >= 11 is 0. The molecule has 0 bridgehead atoms. The monoisotopic (exact) mass is 416 g/mol. The zero-order valence-electron chi connectivity index (χ0n) is 18.8. The molecule has 0 aromatic heterocycles. The number of aryl methyl sites for hydroxylation is 1. The number of hydrogen-bond donors (Lipinski definition) is 3. The van der Waals surface area contributed by atoms with Gasteiger partial charge in [0.2, 0.25) is 0 Å². The van der Waals surface area contributed by atoms with Crippen LogP contribution in [0.2, 0.25) is 0 Å². The predicted octanol–water partition coefficient (Wildman–Crippen LogP) is 4.80. The minimum Gasteiger partial charge on any atom is -0.495 e. The van der Waals surface area contributed by atoms with Gasteiger partial charge in [0.05, 0.1) is 25.0 Å². The fourth-order valence-electron chi connectivity index (χ4n) is 2.40. The van der Waals surface area contributed by atoms with E-state index < -0.39 is 10.0 Å². The van der Waals surface area contributed by atoms with E-state index in [2.05, 4.69) is 80.3 Å². The van der Waals surface area contributed by atoms with Crippen LogP contribution in [-0.4, -0.2) is 44.1 Å². The molecule has 0 spiro atoms. The molecule has 0 atom stereocenters. The van der Waals surface area contributed by atoms with E-state index >= 15 is 0 Å². The van der Waals surface area contributed by atoms with Crippen molar-refractivity contribution in [3.05, 3.63) is 53.1 Å². The molecule has 0 saturated heterocycles. The lowest BCUT2D eigenvalue weighted by atomic mass is 10.0. The van der Waals surface area contributed by atoms with Crippen LogP contribution < -0.4 is 15.8 Å². The fraction of sp³-hybridized carbons (Fsp3) is 0.417. The van der Waals surface area contributed by atoms with Crippen molar-refractivity contribution in [2.24, 2.45) is 0 Å². The largest absolute Gasteiger partial charge is 0.495 e. The standard InChI is InChI=1S/C14H22N2O2S.C10H14/c1-18-12-6-5-11(7-10-19(2,3)4)13(15)14(12)16-8-9-17;1-8(2)10-6-4-9(3)5-7-10/h5-6,16-17H,8-9,15H2,1-4H3;4-8H,1-3H3. The number of methoxy groups -OCH3 is 1. The number of rotatable bonds is 5. The van der Waals surface area contributed by atoms with Gasteiger partial charge in [-0.05, 0) is 54.6 Å². The number of aliphatic hydroxyl groups excluding tert-OH is 1. The van der Waals surface area contributed by atoms with Crippen LogP contribution in [0.25, 0.3) is 0 Å². The van der Waals surface area contributed by atoms with E-state index in [1.54, 1.807) is 7.11 Å². The smallest absolute Gasteiger partial charge is 0.144 e. The van der Waals surface area contributed by atoms with Gasteiger partial charge < -0.3 is 20.9 Å². The van der Waals surface area contributed by atoms with Gasteiger partial charge in [-0.15, -0.1) is 0 Å². The number of nitrogen functional groups attached to an aromatic ring is 1. The van der Waals surface area contributed by atoms with Crippen LogP contribution in [0, 0.1) is 18.1 Å². The van der Waals surface area contributed by atoms with Crippen LogP contribution in [0.15, 0.2) is 36.4 Å². The Kier molecular flexibility index (Phi) is 9.94. The zero-order chi connectivity index (χ0) is 22.0. The Labute approximate surface area is 178 Å². The van der Waals surface area contributed by atoms with Crippen LogP contribution in [0.4, 0.5) is 11.4 Å². The highest BCUT2D eigenvalue weighted by Crippen LogP contribution is 2.35. The third-order valence-electron chi connectivity index (χ3n) is 4.08. The van der Waals surface area contributed by atoms with E-state index in [9.17, 15) is 0 Å². The van der Waals surface area contributed by atoms with E-state index in [4.69, 9.17) is 15.6 Å². The summed E-state index contributed by atoms with van der Waals surface area (Å²) in [6.45, 7) is 6.99. The summed E-state index contributed by atoms with van der Waals surface area (Å²) < 4.78 is 5.26. The highest BCUT2D eigenvalue weighted by atomic mass is 32.3. The fourth-order valence-corrected chi connectivity index (χ4v) is 2.82. The lowest BCUT2D eigenvalue weighted by molar-refractivity contribution is 0.311. The maximum atomic E-state index is 8.89. The minimum atomic E-state index is -0.893. The molecule has 0 saturated carbocycles. The first-order chi connectivity index (χ1) is 13.6. The number of ether oxygens (including phenoxy) is 1. The topological polar surface area (TPSA) is 67.5 Å². The Morgan fingerprint density at radius 2 is 1.72 bits per heavy atom. The second-order valence-electron chi connectivity index (χ2n) is 7.88. The lowest BCUT2D eigenvalue weighted by Crippen LogP contribution is -2.09. The highest BCUT2D eigenvalue weighted by Gasteiger charge is 2.10. The van der Waals surface area contributed by atoms with E-state index in [1.807, 2.05) is 12.1 Å². The number of anilines is 2. The Morgan fingerprint density at radius 1 is 1.10 bits per heavy atom. The lowest BCUT2D eigenvalue weighted by Gasteiger charge is -2.16. The predicted molar refractivity (Wildman–Crippen MR) is 130 cm³/mol. The molecule has 0 amide bonds. The normalized spacial score (nSPS) is 11.1. The molecule has 0 aliphatic rings. The summed E-state index contributed by atoms with van der Waals surface area (Å²) in [5.74, 6) is 4.43. The molecule has 2 aromatic rings. The molecule has 4 nitrogen and oxygen atoms in total. The van der Waals surface area contributed by atoms with Crippen molar-refractivity contribution in [2.45, 2.75) is 26.7 Å². The Bertz CT molecular complexity index is 829. The summed E-state index contributed by atoms with van der Waals surface area (Å²) in [5.41, 5.74) is 10.9. The molecule has 0 fully saturated rings. The molecular weight excluding hydrogens is 380 g/mol. The first-order valence-electron chi connectivity index (χ1n) is 9.68. The van der Waals surface area contributed by atoms with Gasteiger partial charge in [0.1, 0.15) is 11.4 Å². The molecule has 0 unspecified atom stereocenters. The van der Waals surface area contributed by atoms with Gasteiger partial charge in [-0.3, -0.25) is 0 Å². The summed E-state index contributed by atoms with van der Waals surface area (Å²) in [6.07, 6.45) is 6.39. The zero-order valence-corrected chi connectivity index (χ0v) is 19.6. The van der Waals surface area contributed by atoms with E-state index in [0.29, 0.717) is 29.6 Å². The molecule has 0 aliphatic heterocycles. The molecule has 5 heteroatoms. The number of nitrogens with one attached hydrogen (secondary N) is 1. The molecule has 0 radical (unpaired) electrons. The molecule has 0 aliphatic carbocycles. The summed E-state index contributed by atoms with van der Waals surface area (Å²) in [5, 5.41) is 15.2. The van der Waals surface area contributed by atoms with Gasteiger partial charge in [0.15, 0.2) is 0 Å². The number of aliphatic hydroxyl groups is 1. The Morgan fingerprint density at radius 3 is 2.21 bits per heavy atom. The van der Waals surface area contributed by atoms with Crippen molar-refractivity contribution < 1.29 is 9.84 Å². The van der Waals surface area contributed by atoms with Gasteiger partial charge in [0.25, 0.3) is 0 Å². The van der Waals surface area contributed by atoms with Crippen molar-refractivity contribution in [1.82, 2.24) is 0 Å². The van der Waals surface area contributed by atoms with Gasteiger partial charge >= 0.3 is 0 Å². The molecule has 29 heavy (non-hydrogen) atoms. The first kappa shape index (κ1) is 24.7. The second kappa shape index (κ2) is 11.6. The van der Waals surface area contributed by atoms with Gasteiger partial charge in [-0.25, -0.2) is 0 Å². The average Bonchev–Trinajstić information content (AvgIpc) is 2.66. The molecular formula is C24H36N2O2S. The van der Waals surface area contributed by atoms with Crippen LogP contribution in [-0.2, 0) is 0 Å². The van der Waals surface area contributed by atoms with Crippen molar-refractivity contribution in [2.75, 3.05) is 50.1 Å². The van der Waals surface area contributed by atoms with Crippen molar-refractivity contribution in [1.29, 1.82) is 0 Å². The minimum absolute atomic E-state index is 0.0324. The third-order valence-corrected chi connectivity index (χ3v) is 4.79. The van der Waals surface area contributed by atoms with Crippen LogP contribution in [0.5, 0.6) is 5.75 Å². The van der Waals surface area contributed by atoms with Crippen LogP contribution >= 0.6 is 10.0 Å². The molecule has 2 rings (SSSR count). The van der Waals surface area contributed by atoms with Gasteiger partial charge in [0, 0.05) is 6.54 Å². The molecule has 2 aromatic carbocycles. The van der Waals surface area contributed by atoms with Gasteiger partial charge in [-0.1, -0.05) is 49.6 Å². The third kappa shape index (κ3) is 8.72. The van der Waals surface area contributed by atoms with Crippen LogP contribution in [0.3, 0.4) is 0 Å². The first-order valence-corrected chi connectivity index (χ1v) is 12.5. The molecule has 0 heterocycles. The van der Waals surface area contributed by atoms with E-state index in [0.717, 1.165) is 5.56 Å². The quantitative estimate of drug-likeness (QED) is 0.484. The second-order valence-corrected chi connectivity index (χ2v) is 11.8. The SMILES string of the molecule is COc1ccc(C#CS(C)(C)C)c(N)c1NCCO.Cc1ccc(C(C)C)cc1.